The van der Waals surface area contributed by atoms with Gasteiger partial charge in [-0.1, -0.05) is 26.7 Å². The van der Waals surface area contributed by atoms with Crippen LogP contribution in [0.1, 0.15) is 55.5 Å². The highest BCUT2D eigenvalue weighted by Gasteiger charge is 2.31. The number of aryl methyl sites for hydroxylation is 1. The Morgan fingerprint density at radius 3 is 2.95 bits per heavy atom. The lowest BCUT2D eigenvalue weighted by atomic mass is 9.88. The number of phenolic OH excluding ortho intramolecular Hbond substituents is 1. The minimum Gasteiger partial charge on any atom is -0.508 e. The standard InChI is InChI=1S/C17H22O4/c1-3-4-5-11(2)17(20)21-15-9-6-12-10-13(18)7-8-14(12)16(15)19/h7-8,10-11,15,18H,3-6,9H2,1-2H3/t11-,15?/m0/s1. The van der Waals surface area contributed by atoms with E-state index in [0.29, 0.717) is 18.4 Å². The molecule has 0 spiro atoms. The molecule has 1 aromatic carbocycles. The second-order valence-electron chi connectivity index (χ2n) is 5.71. The van der Waals surface area contributed by atoms with Crippen LogP contribution in [0.3, 0.4) is 0 Å². The van der Waals surface area contributed by atoms with Crippen LogP contribution >= 0.6 is 0 Å². The van der Waals surface area contributed by atoms with Crippen molar-refractivity contribution in [1.82, 2.24) is 0 Å². The first-order valence-corrected chi connectivity index (χ1v) is 7.59. The van der Waals surface area contributed by atoms with Crippen molar-refractivity contribution < 1.29 is 19.4 Å². The molecule has 0 radical (unpaired) electrons. The number of aromatic hydroxyl groups is 1. The van der Waals surface area contributed by atoms with Crippen molar-refractivity contribution >= 4 is 11.8 Å². The first-order valence-electron chi connectivity index (χ1n) is 7.59. The number of Topliss-reactive ketones (excluding diaryl/α,β-unsaturated/α-hetero) is 1. The molecule has 4 heteroatoms. The van der Waals surface area contributed by atoms with Crippen LogP contribution in [-0.4, -0.2) is 23.0 Å². The predicted molar refractivity (Wildman–Crippen MR) is 79.3 cm³/mol. The highest BCUT2D eigenvalue weighted by molar-refractivity contribution is 6.02. The number of carbonyl (C=O) groups is 2. The number of esters is 1. The van der Waals surface area contributed by atoms with Gasteiger partial charge in [0.2, 0.25) is 5.78 Å². The maximum absolute atomic E-state index is 12.3. The number of phenols is 1. The SMILES string of the molecule is CCCC[C@H](C)C(=O)OC1CCc2cc(O)ccc2C1=O. The molecule has 0 saturated heterocycles. The highest BCUT2D eigenvalue weighted by Crippen LogP contribution is 2.27. The quantitative estimate of drug-likeness (QED) is 0.845. The van der Waals surface area contributed by atoms with Gasteiger partial charge in [0, 0.05) is 5.56 Å². The molecular weight excluding hydrogens is 268 g/mol. The first-order chi connectivity index (χ1) is 10.0. The first kappa shape index (κ1) is 15.5. The average Bonchev–Trinajstić information content (AvgIpc) is 2.47. The number of ether oxygens (including phenoxy) is 1. The maximum Gasteiger partial charge on any atom is 0.309 e. The highest BCUT2D eigenvalue weighted by atomic mass is 16.5. The van der Waals surface area contributed by atoms with Gasteiger partial charge in [0.1, 0.15) is 5.75 Å². The largest absolute Gasteiger partial charge is 0.508 e. The van der Waals surface area contributed by atoms with Crippen molar-refractivity contribution in [2.45, 2.75) is 52.1 Å². The van der Waals surface area contributed by atoms with E-state index in [-0.39, 0.29) is 23.4 Å². The van der Waals surface area contributed by atoms with E-state index >= 15 is 0 Å². The topological polar surface area (TPSA) is 63.6 Å². The van der Waals surface area contributed by atoms with E-state index in [1.807, 2.05) is 6.92 Å². The smallest absolute Gasteiger partial charge is 0.309 e. The van der Waals surface area contributed by atoms with Gasteiger partial charge in [-0.25, -0.2) is 0 Å². The Balaban J connectivity index is 2.01. The molecule has 2 rings (SSSR count). The zero-order valence-electron chi connectivity index (χ0n) is 12.6. The lowest BCUT2D eigenvalue weighted by molar-refractivity contribution is -0.152. The Bertz CT molecular complexity index is 536. The molecule has 1 aliphatic rings. The van der Waals surface area contributed by atoms with Crippen molar-refractivity contribution in [1.29, 1.82) is 0 Å². The fourth-order valence-electron chi connectivity index (χ4n) is 2.62. The van der Waals surface area contributed by atoms with E-state index in [0.717, 1.165) is 24.8 Å². The van der Waals surface area contributed by atoms with E-state index in [9.17, 15) is 14.7 Å². The van der Waals surface area contributed by atoms with Gasteiger partial charge in [0.15, 0.2) is 6.10 Å². The second-order valence-corrected chi connectivity index (χ2v) is 5.71. The van der Waals surface area contributed by atoms with Crippen molar-refractivity contribution in [3.05, 3.63) is 29.3 Å². The molecule has 1 aliphatic carbocycles. The summed E-state index contributed by atoms with van der Waals surface area (Å²) in [5.41, 5.74) is 1.38. The molecule has 0 aromatic heterocycles. The lowest BCUT2D eigenvalue weighted by Gasteiger charge is -2.24. The fourth-order valence-corrected chi connectivity index (χ4v) is 2.62. The summed E-state index contributed by atoms with van der Waals surface area (Å²) in [6.07, 6.45) is 3.26. The van der Waals surface area contributed by atoms with Crippen LogP contribution in [0.2, 0.25) is 0 Å². The van der Waals surface area contributed by atoms with E-state index in [1.165, 1.54) is 6.07 Å². The molecule has 1 unspecified atom stereocenters. The van der Waals surface area contributed by atoms with Gasteiger partial charge < -0.3 is 9.84 Å². The Labute approximate surface area is 125 Å². The van der Waals surface area contributed by atoms with Crippen LogP contribution < -0.4 is 0 Å². The number of fused-ring (bicyclic) bond motifs is 1. The minimum atomic E-state index is -0.682. The number of hydrogen-bond donors (Lipinski definition) is 1. The van der Waals surface area contributed by atoms with Gasteiger partial charge in [0.05, 0.1) is 5.92 Å². The van der Waals surface area contributed by atoms with Crippen molar-refractivity contribution in [3.63, 3.8) is 0 Å². The summed E-state index contributed by atoms with van der Waals surface area (Å²) in [7, 11) is 0. The molecular formula is C17H22O4. The third-order valence-electron chi connectivity index (χ3n) is 3.97. The van der Waals surface area contributed by atoms with Crippen LogP contribution in [0.5, 0.6) is 5.75 Å². The lowest BCUT2D eigenvalue weighted by Crippen LogP contribution is -2.33. The molecule has 0 heterocycles. The normalized spacial score (nSPS) is 19.0. The third-order valence-corrected chi connectivity index (χ3v) is 3.97. The van der Waals surface area contributed by atoms with Gasteiger partial charge in [-0.2, -0.15) is 0 Å². The summed E-state index contributed by atoms with van der Waals surface area (Å²) in [4.78, 5) is 24.4. The zero-order chi connectivity index (χ0) is 15.4. The van der Waals surface area contributed by atoms with Crippen LogP contribution in [0, 0.1) is 5.92 Å². The van der Waals surface area contributed by atoms with E-state index in [4.69, 9.17) is 4.74 Å². The summed E-state index contributed by atoms with van der Waals surface area (Å²) < 4.78 is 5.40. The molecule has 1 aromatic rings. The third kappa shape index (κ3) is 3.63. The molecule has 0 amide bonds. The number of hydrogen-bond acceptors (Lipinski definition) is 4. The number of unbranched alkanes of at least 4 members (excludes halogenated alkanes) is 1. The molecule has 4 nitrogen and oxygen atoms in total. The fraction of sp³-hybridized carbons (Fsp3) is 0.529. The van der Waals surface area contributed by atoms with Gasteiger partial charge in [-0.05, 0) is 43.0 Å². The number of ketones is 1. The molecule has 114 valence electrons. The molecule has 0 aliphatic heterocycles. The van der Waals surface area contributed by atoms with Crippen LogP contribution in [0.15, 0.2) is 18.2 Å². The van der Waals surface area contributed by atoms with Crippen molar-refractivity contribution in [3.8, 4) is 5.75 Å². The molecule has 2 atom stereocenters. The Kier molecular flexibility index (Phi) is 4.99. The van der Waals surface area contributed by atoms with E-state index in [2.05, 4.69) is 6.92 Å². The van der Waals surface area contributed by atoms with Gasteiger partial charge in [0.25, 0.3) is 0 Å². The molecule has 21 heavy (non-hydrogen) atoms. The second kappa shape index (κ2) is 6.74. The van der Waals surface area contributed by atoms with Crippen LogP contribution in [0.4, 0.5) is 0 Å². The van der Waals surface area contributed by atoms with Crippen molar-refractivity contribution in [2.24, 2.45) is 5.92 Å². The summed E-state index contributed by atoms with van der Waals surface area (Å²) in [5.74, 6) is -0.458. The van der Waals surface area contributed by atoms with E-state index in [1.54, 1.807) is 12.1 Å². The molecule has 0 bridgehead atoms. The number of rotatable bonds is 5. The molecule has 0 saturated carbocycles. The molecule has 0 fully saturated rings. The van der Waals surface area contributed by atoms with Gasteiger partial charge >= 0.3 is 5.97 Å². The van der Waals surface area contributed by atoms with Crippen molar-refractivity contribution in [2.75, 3.05) is 0 Å². The van der Waals surface area contributed by atoms with Crippen LogP contribution in [0.25, 0.3) is 0 Å². The summed E-state index contributed by atoms with van der Waals surface area (Å²) in [5, 5.41) is 9.44. The Morgan fingerprint density at radius 1 is 1.48 bits per heavy atom. The van der Waals surface area contributed by atoms with E-state index < -0.39 is 6.10 Å². The predicted octanol–water partition coefficient (Wildman–Crippen LogP) is 3.26. The number of benzene rings is 1. The maximum atomic E-state index is 12.3. The Morgan fingerprint density at radius 2 is 2.24 bits per heavy atom. The average molecular weight is 290 g/mol. The molecule has 1 N–H and O–H groups in total. The Hall–Kier alpha value is -1.84. The summed E-state index contributed by atoms with van der Waals surface area (Å²) in [6, 6.07) is 4.70. The summed E-state index contributed by atoms with van der Waals surface area (Å²) in [6.45, 7) is 3.92. The number of carbonyl (C=O) groups excluding carboxylic acids is 2. The van der Waals surface area contributed by atoms with Gasteiger partial charge in [-0.15, -0.1) is 0 Å². The van der Waals surface area contributed by atoms with Crippen LogP contribution in [-0.2, 0) is 16.0 Å². The summed E-state index contributed by atoms with van der Waals surface area (Å²) >= 11 is 0. The minimum absolute atomic E-state index is 0.158. The van der Waals surface area contributed by atoms with Gasteiger partial charge in [-0.3, -0.25) is 9.59 Å². The monoisotopic (exact) mass is 290 g/mol. The zero-order valence-corrected chi connectivity index (χ0v) is 12.6.